The summed E-state index contributed by atoms with van der Waals surface area (Å²) in [7, 11) is 0. The number of ether oxygens (including phenoxy) is 2. The number of amides is 1. The van der Waals surface area contributed by atoms with Crippen molar-refractivity contribution in [3.05, 3.63) is 42.0 Å². The number of nitrogens with zero attached hydrogens (tertiary/aromatic N) is 2. The molecular weight excluding hydrogens is 413 g/mol. The minimum Gasteiger partial charge on any atom is -0.474 e. The highest BCUT2D eigenvalue weighted by Crippen LogP contribution is 2.44. The van der Waals surface area contributed by atoms with Gasteiger partial charge >= 0.3 is 6.09 Å². The van der Waals surface area contributed by atoms with E-state index in [0.717, 1.165) is 29.7 Å². The summed E-state index contributed by atoms with van der Waals surface area (Å²) < 4.78 is 26.1. The van der Waals surface area contributed by atoms with Gasteiger partial charge in [-0.1, -0.05) is 0 Å². The fourth-order valence-electron chi connectivity index (χ4n) is 4.73. The van der Waals surface area contributed by atoms with Crippen LogP contribution < -0.4 is 20.7 Å². The smallest absolute Gasteiger partial charge is 0.413 e. The highest BCUT2D eigenvalue weighted by molar-refractivity contribution is 5.92. The van der Waals surface area contributed by atoms with Crippen LogP contribution in [-0.4, -0.2) is 48.4 Å². The molecule has 6 rings (SSSR count). The molecule has 1 aliphatic carbocycles. The van der Waals surface area contributed by atoms with Gasteiger partial charge in [0.05, 0.1) is 0 Å². The van der Waals surface area contributed by atoms with Gasteiger partial charge in [-0.25, -0.2) is 19.2 Å². The molecule has 0 radical (unpaired) electrons. The third kappa shape index (κ3) is 3.20. The molecule has 3 atom stereocenters. The van der Waals surface area contributed by atoms with Crippen molar-refractivity contribution in [3.63, 3.8) is 0 Å². The molecule has 1 saturated carbocycles. The lowest BCUT2D eigenvalue weighted by Crippen LogP contribution is -2.23. The van der Waals surface area contributed by atoms with Crippen LogP contribution in [0.5, 0.6) is 5.88 Å². The van der Waals surface area contributed by atoms with E-state index in [1.807, 2.05) is 6.92 Å². The SMILES string of the molecule is Cc1c(-c2cc3cc(NC(=O)OC4[C@H]5CNC[C@@H]45)ncc3cc2F)cnc2c1NCCO2. The van der Waals surface area contributed by atoms with Gasteiger partial charge in [-0.3, -0.25) is 5.32 Å². The lowest BCUT2D eigenvalue weighted by Gasteiger charge is -2.21. The molecule has 0 bridgehead atoms. The first-order chi connectivity index (χ1) is 15.6. The molecular formula is C23H22FN5O3. The molecule has 3 aromatic rings. The second kappa shape index (κ2) is 7.30. The molecule has 4 heterocycles. The van der Waals surface area contributed by atoms with Gasteiger partial charge in [0.15, 0.2) is 0 Å². The third-order valence-corrected chi connectivity index (χ3v) is 6.53. The van der Waals surface area contributed by atoms with Crippen LogP contribution >= 0.6 is 0 Å². The largest absolute Gasteiger partial charge is 0.474 e. The van der Waals surface area contributed by atoms with Gasteiger partial charge in [0.25, 0.3) is 0 Å². The number of fused-ring (bicyclic) bond motifs is 3. The van der Waals surface area contributed by atoms with E-state index in [0.29, 0.717) is 53.2 Å². The van der Waals surface area contributed by atoms with Crippen LogP contribution in [0.25, 0.3) is 21.9 Å². The number of carbonyl (C=O) groups excluding carboxylic acids is 1. The number of hydrogen-bond donors (Lipinski definition) is 3. The Morgan fingerprint density at radius 2 is 2.00 bits per heavy atom. The van der Waals surface area contributed by atoms with Crippen LogP contribution in [0.15, 0.2) is 30.6 Å². The molecule has 9 heteroatoms. The highest BCUT2D eigenvalue weighted by Gasteiger charge is 2.56. The average molecular weight is 435 g/mol. The maximum atomic E-state index is 15.0. The maximum Gasteiger partial charge on any atom is 0.413 e. The van der Waals surface area contributed by atoms with Gasteiger partial charge in [0, 0.05) is 60.4 Å². The maximum absolute atomic E-state index is 15.0. The van der Waals surface area contributed by atoms with Gasteiger partial charge in [-0.15, -0.1) is 0 Å². The Morgan fingerprint density at radius 1 is 1.16 bits per heavy atom. The zero-order valence-electron chi connectivity index (χ0n) is 17.4. The van der Waals surface area contributed by atoms with Crippen LogP contribution in [0.4, 0.5) is 20.7 Å². The zero-order chi connectivity index (χ0) is 21.8. The van der Waals surface area contributed by atoms with Crippen molar-refractivity contribution in [2.75, 3.05) is 36.9 Å². The second-order valence-electron chi connectivity index (χ2n) is 8.48. The van der Waals surface area contributed by atoms with E-state index in [1.165, 1.54) is 6.07 Å². The number of nitrogens with one attached hydrogen (secondary N) is 3. The molecule has 1 saturated heterocycles. The quantitative estimate of drug-likeness (QED) is 0.581. The van der Waals surface area contributed by atoms with E-state index in [-0.39, 0.29) is 11.9 Å². The van der Waals surface area contributed by atoms with E-state index in [9.17, 15) is 9.18 Å². The molecule has 2 aromatic heterocycles. The number of carbonyl (C=O) groups is 1. The first kappa shape index (κ1) is 19.2. The molecule has 8 nitrogen and oxygen atoms in total. The van der Waals surface area contributed by atoms with Gasteiger partial charge < -0.3 is 20.1 Å². The predicted octanol–water partition coefficient (Wildman–Crippen LogP) is 3.31. The minimum absolute atomic E-state index is 0.0190. The summed E-state index contributed by atoms with van der Waals surface area (Å²) in [6.45, 7) is 4.93. The molecule has 3 N–H and O–H groups in total. The van der Waals surface area contributed by atoms with Crippen LogP contribution in [0.3, 0.4) is 0 Å². The number of halogens is 1. The molecule has 1 aromatic carbocycles. The summed E-state index contributed by atoms with van der Waals surface area (Å²) >= 11 is 0. The number of piperidine rings is 1. The van der Waals surface area contributed by atoms with Gasteiger partial charge in [0.1, 0.15) is 30.0 Å². The lowest BCUT2D eigenvalue weighted by atomic mass is 9.98. The third-order valence-electron chi connectivity index (χ3n) is 6.53. The van der Waals surface area contributed by atoms with E-state index in [2.05, 4.69) is 25.9 Å². The summed E-state index contributed by atoms with van der Waals surface area (Å²) in [4.78, 5) is 20.9. The van der Waals surface area contributed by atoms with Crippen LogP contribution in [-0.2, 0) is 4.74 Å². The summed E-state index contributed by atoms with van der Waals surface area (Å²) in [5.74, 6) is 1.37. The van der Waals surface area contributed by atoms with Crippen LogP contribution in [0.2, 0.25) is 0 Å². The van der Waals surface area contributed by atoms with Crippen molar-refractivity contribution >= 4 is 28.4 Å². The molecule has 3 aliphatic rings. The second-order valence-corrected chi connectivity index (χ2v) is 8.48. The molecule has 164 valence electrons. The summed E-state index contributed by atoms with van der Waals surface area (Å²) in [6, 6.07) is 4.91. The fourth-order valence-corrected chi connectivity index (χ4v) is 4.73. The molecule has 0 spiro atoms. The zero-order valence-corrected chi connectivity index (χ0v) is 17.4. The molecule has 2 aliphatic heterocycles. The summed E-state index contributed by atoms with van der Waals surface area (Å²) in [5, 5.41) is 10.6. The number of anilines is 2. The Kier molecular flexibility index (Phi) is 4.39. The Hall–Kier alpha value is -3.46. The number of aromatic nitrogens is 2. The molecule has 1 amide bonds. The molecule has 32 heavy (non-hydrogen) atoms. The van der Waals surface area contributed by atoms with Crippen molar-refractivity contribution in [3.8, 4) is 17.0 Å². The first-order valence-electron chi connectivity index (χ1n) is 10.7. The minimum atomic E-state index is -0.514. The fraction of sp³-hybridized carbons (Fsp3) is 0.348. The molecule has 1 unspecified atom stereocenters. The van der Waals surface area contributed by atoms with Crippen molar-refractivity contribution < 1.29 is 18.7 Å². The van der Waals surface area contributed by atoms with Crippen molar-refractivity contribution in [2.24, 2.45) is 11.8 Å². The summed E-state index contributed by atoms with van der Waals surface area (Å²) in [6.07, 6.45) is 2.64. The van der Waals surface area contributed by atoms with E-state index < -0.39 is 6.09 Å². The van der Waals surface area contributed by atoms with Gasteiger partial charge in [-0.05, 0) is 36.1 Å². The first-order valence-corrected chi connectivity index (χ1v) is 10.7. The normalized spacial score (nSPS) is 23.0. The predicted molar refractivity (Wildman–Crippen MR) is 117 cm³/mol. The number of rotatable bonds is 3. The number of benzene rings is 1. The average Bonchev–Trinajstić information content (AvgIpc) is 3.19. The van der Waals surface area contributed by atoms with Gasteiger partial charge in [-0.2, -0.15) is 0 Å². The Balaban J connectivity index is 1.28. The van der Waals surface area contributed by atoms with E-state index in [1.54, 1.807) is 24.5 Å². The Morgan fingerprint density at radius 3 is 2.84 bits per heavy atom. The van der Waals surface area contributed by atoms with E-state index >= 15 is 0 Å². The summed E-state index contributed by atoms with van der Waals surface area (Å²) in [5.41, 5.74) is 2.76. The van der Waals surface area contributed by atoms with E-state index in [4.69, 9.17) is 9.47 Å². The van der Waals surface area contributed by atoms with Gasteiger partial charge in [0.2, 0.25) is 5.88 Å². The Bertz CT molecular complexity index is 1240. The topological polar surface area (TPSA) is 97.4 Å². The monoisotopic (exact) mass is 435 g/mol. The van der Waals surface area contributed by atoms with Crippen LogP contribution in [0, 0.1) is 24.6 Å². The lowest BCUT2D eigenvalue weighted by molar-refractivity contribution is 0.140. The van der Waals surface area contributed by atoms with Crippen molar-refractivity contribution in [1.29, 1.82) is 0 Å². The molecule has 2 fully saturated rings. The number of pyridine rings is 2. The Labute approximate surface area is 183 Å². The standard InChI is InChI=1S/C23H22FN5O3/c1-11-15(10-28-22-20(11)26-2-3-31-22)14-4-12-6-19(27-7-13(12)5-18(14)24)29-23(30)32-21-16-8-25-9-17(16)21/h4-7,10,16-17,21,25-26H,2-3,8-9H2,1H3,(H,27,29,30)/t16-,17+,21?. The highest BCUT2D eigenvalue weighted by atomic mass is 19.1. The van der Waals surface area contributed by atoms with Crippen LogP contribution in [0.1, 0.15) is 5.56 Å². The van der Waals surface area contributed by atoms with Crippen molar-refractivity contribution in [2.45, 2.75) is 13.0 Å². The van der Waals surface area contributed by atoms with Crippen molar-refractivity contribution in [1.82, 2.24) is 15.3 Å². The number of hydrogen-bond acceptors (Lipinski definition) is 7.